The van der Waals surface area contributed by atoms with Crippen LogP contribution in [0.1, 0.15) is 35.2 Å². The summed E-state index contributed by atoms with van der Waals surface area (Å²) in [5.41, 5.74) is 2.38. The van der Waals surface area contributed by atoms with Crippen LogP contribution < -0.4 is 0 Å². The van der Waals surface area contributed by atoms with Gasteiger partial charge in [0.2, 0.25) is 0 Å². The van der Waals surface area contributed by atoms with E-state index in [2.05, 4.69) is 31.0 Å². The topological polar surface area (TPSA) is 131 Å². The Morgan fingerprint density at radius 2 is 1.97 bits per heavy atom. The molecule has 1 aliphatic carbocycles. The molecule has 0 atom stereocenters. The highest BCUT2D eigenvalue weighted by molar-refractivity contribution is 5.94. The van der Waals surface area contributed by atoms with E-state index in [0.717, 1.165) is 41.2 Å². The fraction of sp³-hybridized carbons (Fsp3) is 0.333. The van der Waals surface area contributed by atoms with Gasteiger partial charge in [0.15, 0.2) is 0 Å². The molecule has 190 valence electrons. The number of H-pyrrole nitrogens is 1. The van der Waals surface area contributed by atoms with Crippen molar-refractivity contribution < 1.29 is 9.18 Å². The second-order valence-electron chi connectivity index (χ2n) is 9.93. The summed E-state index contributed by atoms with van der Waals surface area (Å²) >= 11 is 0. The SMILES string of the molecule is N#CC[C@]1(n2cc(-c3ncnc4[nH]ccc34)cn2)C[C@@H](N2CCN(C(=O)c3cc(F)cc(C#N)c3)CC2)C1. The van der Waals surface area contributed by atoms with Crippen LogP contribution in [-0.2, 0) is 5.54 Å². The predicted molar refractivity (Wildman–Crippen MR) is 135 cm³/mol. The van der Waals surface area contributed by atoms with Gasteiger partial charge in [0.1, 0.15) is 17.8 Å². The van der Waals surface area contributed by atoms with Crippen LogP contribution >= 0.6 is 0 Å². The zero-order chi connectivity index (χ0) is 26.3. The average Bonchev–Trinajstić information content (AvgIpc) is 3.60. The highest BCUT2D eigenvalue weighted by atomic mass is 19.1. The maximum absolute atomic E-state index is 13.8. The van der Waals surface area contributed by atoms with Gasteiger partial charge in [0.25, 0.3) is 5.91 Å². The van der Waals surface area contributed by atoms with Crippen molar-refractivity contribution in [3.63, 3.8) is 0 Å². The number of nitrogens with zero attached hydrogens (tertiary/aromatic N) is 8. The van der Waals surface area contributed by atoms with Gasteiger partial charge in [-0.2, -0.15) is 15.6 Å². The van der Waals surface area contributed by atoms with E-state index < -0.39 is 5.82 Å². The number of benzene rings is 1. The third-order valence-electron chi connectivity index (χ3n) is 7.73. The third-order valence-corrected chi connectivity index (χ3v) is 7.73. The summed E-state index contributed by atoms with van der Waals surface area (Å²) in [7, 11) is 0. The van der Waals surface area contributed by atoms with Gasteiger partial charge in [-0.25, -0.2) is 14.4 Å². The van der Waals surface area contributed by atoms with Crippen LogP contribution in [0.2, 0.25) is 0 Å². The number of rotatable bonds is 5. The van der Waals surface area contributed by atoms with Gasteiger partial charge in [-0.05, 0) is 37.1 Å². The Morgan fingerprint density at radius 1 is 1.16 bits per heavy atom. The number of carbonyl (C=O) groups excluding carboxylic acids is 1. The molecule has 11 heteroatoms. The number of nitrogens with one attached hydrogen (secondary N) is 1. The summed E-state index contributed by atoms with van der Waals surface area (Å²) < 4.78 is 15.7. The smallest absolute Gasteiger partial charge is 0.254 e. The highest BCUT2D eigenvalue weighted by Crippen LogP contribution is 2.45. The molecule has 1 saturated heterocycles. The number of aromatic nitrogens is 5. The summed E-state index contributed by atoms with van der Waals surface area (Å²) in [4.78, 5) is 28.8. The molecule has 3 aromatic heterocycles. The molecule has 4 heterocycles. The summed E-state index contributed by atoms with van der Waals surface area (Å²) in [5.74, 6) is -0.855. The minimum absolute atomic E-state index is 0.134. The van der Waals surface area contributed by atoms with Crippen molar-refractivity contribution in [1.29, 1.82) is 10.5 Å². The Kier molecular flexibility index (Phi) is 5.86. The van der Waals surface area contributed by atoms with Crippen LogP contribution in [0.4, 0.5) is 4.39 Å². The zero-order valence-electron chi connectivity index (χ0n) is 20.5. The lowest BCUT2D eigenvalue weighted by Crippen LogP contribution is -2.60. The lowest BCUT2D eigenvalue weighted by molar-refractivity contribution is -0.0158. The summed E-state index contributed by atoms with van der Waals surface area (Å²) in [6.07, 6.45) is 9.03. The monoisotopic (exact) mass is 509 g/mol. The minimum atomic E-state index is -0.589. The number of carbonyl (C=O) groups is 1. The first-order chi connectivity index (χ1) is 18.5. The number of hydrogen-bond donors (Lipinski definition) is 1. The second kappa shape index (κ2) is 9.36. The molecule has 1 N–H and O–H groups in total. The molecule has 38 heavy (non-hydrogen) atoms. The maximum Gasteiger partial charge on any atom is 0.254 e. The van der Waals surface area contributed by atoms with Crippen LogP contribution in [0.15, 0.2) is 49.2 Å². The van der Waals surface area contributed by atoms with Crippen molar-refractivity contribution in [3.8, 4) is 23.4 Å². The summed E-state index contributed by atoms with van der Waals surface area (Å²) in [6, 6.07) is 10.2. The Bertz CT molecular complexity index is 1600. The number of amides is 1. The van der Waals surface area contributed by atoms with Crippen LogP contribution in [0.5, 0.6) is 0 Å². The zero-order valence-corrected chi connectivity index (χ0v) is 20.5. The molecular formula is C27H24FN9O. The quantitative estimate of drug-likeness (QED) is 0.437. The largest absolute Gasteiger partial charge is 0.346 e. The first-order valence-corrected chi connectivity index (χ1v) is 12.4. The minimum Gasteiger partial charge on any atom is -0.346 e. The van der Waals surface area contributed by atoms with Crippen molar-refractivity contribution in [1.82, 2.24) is 34.5 Å². The Labute approximate surface area is 217 Å². The number of halogens is 1. The predicted octanol–water partition coefficient (Wildman–Crippen LogP) is 3.06. The van der Waals surface area contributed by atoms with E-state index in [1.165, 1.54) is 18.5 Å². The standard InChI is InChI=1S/C27H24FN9O/c28-21-10-18(14-30)9-19(11-21)26(38)36-7-5-35(6-8-36)22-12-27(13-22,2-3-29)37-16-20(15-34-37)24-23-1-4-31-25(23)33-17-32-24/h1,4,9-11,15-17,22H,2,5-8,12-13H2,(H,31,32,33)/t22-,27+. The average molecular weight is 510 g/mol. The van der Waals surface area contributed by atoms with E-state index in [0.29, 0.717) is 32.6 Å². The van der Waals surface area contributed by atoms with Crippen molar-refractivity contribution in [2.75, 3.05) is 26.2 Å². The van der Waals surface area contributed by atoms with Crippen molar-refractivity contribution in [2.45, 2.75) is 30.8 Å². The second-order valence-corrected chi connectivity index (χ2v) is 9.93. The van der Waals surface area contributed by atoms with E-state index in [-0.39, 0.29) is 28.6 Å². The fourth-order valence-corrected chi connectivity index (χ4v) is 5.69. The van der Waals surface area contributed by atoms with Crippen molar-refractivity contribution in [3.05, 3.63) is 66.1 Å². The molecule has 1 saturated carbocycles. The number of nitriles is 2. The number of aromatic amines is 1. The fourth-order valence-electron chi connectivity index (χ4n) is 5.69. The van der Waals surface area contributed by atoms with Gasteiger partial charge >= 0.3 is 0 Å². The van der Waals surface area contributed by atoms with Crippen LogP contribution in [0.25, 0.3) is 22.3 Å². The molecule has 4 aromatic rings. The first-order valence-electron chi connectivity index (χ1n) is 12.4. The highest BCUT2D eigenvalue weighted by Gasteiger charge is 2.49. The molecule has 6 rings (SSSR count). The number of hydrogen-bond acceptors (Lipinski definition) is 7. The lowest BCUT2D eigenvalue weighted by atomic mass is 9.70. The number of piperazine rings is 1. The lowest BCUT2D eigenvalue weighted by Gasteiger charge is -2.52. The first kappa shape index (κ1) is 23.8. The molecular weight excluding hydrogens is 485 g/mol. The van der Waals surface area contributed by atoms with Gasteiger partial charge in [-0.1, -0.05) is 0 Å². The summed E-state index contributed by atoms with van der Waals surface area (Å²) in [5, 5.41) is 24.2. The molecule has 2 fully saturated rings. The molecule has 1 aliphatic heterocycles. The number of fused-ring (bicyclic) bond motifs is 1. The summed E-state index contributed by atoms with van der Waals surface area (Å²) in [6.45, 7) is 2.42. The molecule has 0 bridgehead atoms. The van der Waals surface area contributed by atoms with Gasteiger partial charge in [-0.15, -0.1) is 0 Å². The van der Waals surface area contributed by atoms with Gasteiger partial charge in [-0.3, -0.25) is 14.4 Å². The van der Waals surface area contributed by atoms with Crippen LogP contribution in [-0.4, -0.2) is 72.7 Å². The molecule has 10 nitrogen and oxygen atoms in total. The molecule has 2 aliphatic rings. The van der Waals surface area contributed by atoms with Gasteiger partial charge < -0.3 is 9.88 Å². The Balaban J connectivity index is 1.12. The van der Waals surface area contributed by atoms with Gasteiger partial charge in [0.05, 0.1) is 41.6 Å². The van der Waals surface area contributed by atoms with E-state index in [4.69, 9.17) is 5.26 Å². The molecule has 1 aromatic carbocycles. The third kappa shape index (κ3) is 4.07. The van der Waals surface area contributed by atoms with Crippen molar-refractivity contribution in [2.24, 2.45) is 0 Å². The Hall–Kier alpha value is -4.61. The molecule has 0 radical (unpaired) electrons. The maximum atomic E-state index is 13.8. The molecule has 0 spiro atoms. The normalized spacial score (nSPS) is 21.6. The Morgan fingerprint density at radius 3 is 2.74 bits per heavy atom. The molecule has 1 amide bonds. The van der Waals surface area contributed by atoms with E-state index in [9.17, 15) is 14.4 Å². The van der Waals surface area contributed by atoms with E-state index >= 15 is 0 Å². The van der Waals surface area contributed by atoms with Gasteiger partial charge in [0, 0.05) is 61.1 Å². The van der Waals surface area contributed by atoms with Crippen LogP contribution in [0, 0.1) is 28.5 Å². The van der Waals surface area contributed by atoms with Crippen molar-refractivity contribution >= 4 is 16.9 Å². The molecule has 0 unspecified atom stereocenters. The van der Waals surface area contributed by atoms with E-state index in [1.807, 2.05) is 29.2 Å². The van der Waals surface area contributed by atoms with E-state index in [1.54, 1.807) is 11.1 Å². The van der Waals surface area contributed by atoms with Crippen LogP contribution in [0.3, 0.4) is 0 Å².